The predicted octanol–water partition coefficient (Wildman–Crippen LogP) is 0.346. The van der Waals surface area contributed by atoms with Gasteiger partial charge in [0.2, 0.25) is 5.88 Å². The van der Waals surface area contributed by atoms with Crippen molar-refractivity contribution in [2.45, 2.75) is 12.6 Å². The van der Waals surface area contributed by atoms with Gasteiger partial charge < -0.3 is 20.5 Å². The number of carbonyl (C=O) groups excluding carboxylic acids is 1. The Balaban J connectivity index is 1.74. The van der Waals surface area contributed by atoms with E-state index >= 15 is 0 Å². The number of aromatic nitrogens is 1. The number of aliphatic hydroxyl groups is 1. The van der Waals surface area contributed by atoms with Crippen molar-refractivity contribution in [2.75, 3.05) is 31.2 Å². The molecule has 2 heterocycles. The summed E-state index contributed by atoms with van der Waals surface area (Å²) in [6.07, 6.45) is 0.0910. The minimum atomic E-state index is -0.837. The lowest BCUT2D eigenvalue weighted by molar-refractivity contribution is 0.0994. The van der Waals surface area contributed by atoms with Crippen LogP contribution in [0.15, 0.2) is 12.1 Å². The van der Waals surface area contributed by atoms with E-state index < -0.39 is 12.1 Å². The number of nitrogens with zero attached hydrogens (tertiary/aromatic N) is 2. The van der Waals surface area contributed by atoms with Crippen LogP contribution in [0.1, 0.15) is 16.9 Å². The lowest BCUT2D eigenvalue weighted by atomic mass is 10.1. The molecule has 21 heavy (non-hydrogen) atoms. The van der Waals surface area contributed by atoms with Crippen molar-refractivity contribution >= 4 is 11.6 Å². The zero-order valence-electron chi connectivity index (χ0n) is 11.5. The van der Waals surface area contributed by atoms with E-state index in [1.807, 2.05) is 4.90 Å². The summed E-state index contributed by atoms with van der Waals surface area (Å²) in [5, 5.41) is 9.03. The molecule has 7 heteroatoms. The third-order valence-electron chi connectivity index (χ3n) is 4.01. The Morgan fingerprint density at radius 2 is 2.24 bits per heavy atom. The number of hydrogen-bond donors (Lipinski definition) is 2. The molecule has 0 radical (unpaired) electrons. The summed E-state index contributed by atoms with van der Waals surface area (Å²) in [6.45, 7) is 1.19. The number of nitrogens with two attached hydrogens (primary N) is 1. The summed E-state index contributed by atoms with van der Waals surface area (Å²) in [7, 11) is 0. The number of anilines is 1. The first-order chi connectivity index (χ1) is 10.1. The van der Waals surface area contributed by atoms with E-state index in [1.165, 1.54) is 6.07 Å². The number of pyridine rings is 1. The van der Waals surface area contributed by atoms with Crippen molar-refractivity contribution in [2.24, 2.45) is 17.6 Å². The smallest absolute Gasteiger partial charge is 0.267 e. The maximum atomic E-state index is 13.0. The number of rotatable bonds is 6. The van der Waals surface area contributed by atoms with E-state index in [2.05, 4.69) is 4.98 Å². The monoisotopic (exact) mass is 295 g/mol. The molecular formula is C14H18FN3O3. The molecule has 1 aromatic rings. The number of halogens is 1. The number of primary amides is 1. The Bertz CT molecular complexity index is 548. The normalized spacial score (nSPS) is 24.6. The molecule has 0 aromatic carbocycles. The number of alkyl halides is 1. The molecule has 1 aliphatic carbocycles. The predicted molar refractivity (Wildman–Crippen MR) is 74.0 cm³/mol. The second-order valence-electron chi connectivity index (χ2n) is 5.64. The number of aliphatic hydroxyl groups excluding tert-OH is 1. The zero-order valence-corrected chi connectivity index (χ0v) is 11.5. The molecular weight excluding hydrogens is 277 g/mol. The van der Waals surface area contributed by atoms with Gasteiger partial charge in [0.1, 0.15) is 17.6 Å². The molecule has 3 rings (SSSR count). The molecule has 0 bridgehead atoms. The second-order valence-corrected chi connectivity index (χ2v) is 5.64. The van der Waals surface area contributed by atoms with Gasteiger partial charge >= 0.3 is 0 Å². The van der Waals surface area contributed by atoms with Crippen molar-refractivity contribution in [3.8, 4) is 5.88 Å². The van der Waals surface area contributed by atoms with Crippen LogP contribution in [0.2, 0.25) is 0 Å². The fraction of sp³-hybridized carbons (Fsp3) is 0.571. The fourth-order valence-corrected chi connectivity index (χ4v) is 2.46. The van der Waals surface area contributed by atoms with Gasteiger partial charge in [0.05, 0.1) is 19.7 Å². The molecule has 6 nitrogen and oxygen atoms in total. The van der Waals surface area contributed by atoms with Crippen molar-refractivity contribution < 1.29 is 19.0 Å². The summed E-state index contributed by atoms with van der Waals surface area (Å²) < 4.78 is 18.7. The van der Waals surface area contributed by atoms with Crippen LogP contribution < -0.4 is 15.4 Å². The third kappa shape index (κ3) is 2.92. The van der Waals surface area contributed by atoms with Gasteiger partial charge in [-0.25, -0.2) is 9.37 Å². The summed E-state index contributed by atoms with van der Waals surface area (Å²) in [5.74, 6) is 0.277. The van der Waals surface area contributed by atoms with Gasteiger partial charge in [0, 0.05) is 6.61 Å². The van der Waals surface area contributed by atoms with Crippen molar-refractivity contribution in [3.05, 3.63) is 17.8 Å². The minimum absolute atomic E-state index is 0.126. The van der Waals surface area contributed by atoms with Crippen LogP contribution in [0.4, 0.5) is 10.1 Å². The van der Waals surface area contributed by atoms with Crippen LogP contribution in [0.3, 0.4) is 0 Å². The van der Waals surface area contributed by atoms with Crippen molar-refractivity contribution in [3.63, 3.8) is 0 Å². The van der Waals surface area contributed by atoms with E-state index in [0.717, 1.165) is 6.42 Å². The number of hydrogen-bond acceptors (Lipinski definition) is 5. The van der Waals surface area contributed by atoms with Gasteiger partial charge in [-0.05, 0) is 30.4 Å². The number of ether oxygens (including phenoxy) is 1. The number of amides is 1. The molecule has 1 saturated heterocycles. The largest absolute Gasteiger partial charge is 0.476 e. The van der Waals surface area contributed by atoms with E-state index in [9.17, 15) is 9.18 Å². The van der Waals surface area contributed by atoms with Gasteiger partial charge in [-0.1, -0.05) is 0 Å². The Hall–Kier alpha value is -1.89. The van der Waals surface area contributed by atoms with Crippen LogP contribution in [0, 0.1) is 11.8 Å². The highest BCUT2D eigenvalue weighted by molar-refractivity contribution is 5.91. The van der Waals surface area contributed by atoms with Gasteiger partial charge in [0.15, 0.2) is 0 Å². The Morgan fingerprint density at radius 1 is 1.48 bits per heavy atom. The highest BCUT2D eigenvalue weighted by Gasteiger charge is 2.37. The maximum Gasteiger partial charge on any atom is 0.267 e. The standard InChI is InChI=1S/C14H18FN3O3/c15-10-4-18(5-10)12-2-1-11(13(16)20)17-14(12)21-7-9-3-8(9)6-19/h1-2,8-10,19H,3-7H2,(H2,16,20)/t8-,9-/m0/s1. The first-order valence-corrected chi connectivity index (χ1v) is 7.02. The molecule has 2 fully saturated rings. The van der Waals surface area contributed by atoms with Gasteiger partial charge in [-0.2, -0.15) is 0 Å². The third-order valence-corrected chi connectivity index (χ3v) is 4.01. The van der Waals surface area contributed by atoms with Gasteiger partial charge in [-0.15, -0.1) is 0 Å². The lowest BCUT2D eigenvalue weighted by Gasteiger charge is -2.36. The first kappa shape index (κ1) is 14.1. The Kier molecular flexibility index (Phi) is 3.67. The Morgan fingerprint density at radius 3 is 2.81 bits per heavy atom. The average Bonchev–Trinajstić information content (AvgIpc) is 3.20. The summed E-state index contributed by atoms with van der Waals surface area (Å²) in [4.78, 5) is 17.2. The van der Waals surface area contributed by atoms with Crippen LogP contribution in [0.25, 0.3) is 0 Å². The van der Waals surface area contributed by atoms with E-state index in [4.69, 9.17) is 15.6 Å². The Labute approximate surface area is 121 Å². The molecule has 0 spiro atoms. The SMILES string of the molecule is NC(=O)c1ccc(N2CC(F)C2)c(OC[C@@H]2C[C@H]2CO)n1. The van der Waals surface area contributed by atoms with Crippen LogP contribution in [-0.2, 0) is 0 Å². The van der Waals surface area contributed by atoms with Crippen LogP contribution in [-0.4, -0.2) is 48.5 Å². The molecule has 1 aliphatic heterocycles. The second kappa shape index (κ2) is 5.48. The van der Waals surface area contributed by atoms with Crippen LogP contribution in [0.5, 0.6) is 5.88 Å². The van der Waals surface area contributed by atoms with Crippen LogP contribution >= 0.6 is 0 Å². The molecule has 114 valence electrons. The highest BCUT2D eigenvalue weighted by Crippen LogP contribution is 2.39. The molecule has 1 aromatic heterocycles. The number of carbonyl (C=O) groups is 1. The van der Waals surface area contributed by atoms with E-state index in [-0.39, 0.29) is 18.2 Å². The highest BCUT2D eigenvalue weighted by atomic mass is 19.1. The first-order valence-electron chi connectivity index (χ1n) is 7.02. The zero-order chi connectivity index (χ0) is 15.0. The molecule has 2 aliphatic rings. The van der Waals surface area contributed by atoms with E-state index in [0.29, 0.717) is 37.2 Å². The molecule has 3 N–H and O–H groups in total. The molecule has 0 unspecified atom stereocenters. The molecule has 1 saturated carbocycles. The van der Waals surface area contributed by atoms with Crippen molar-refractivity contribution in [1.29, 1.82) is 0 Å². The lowest BCUT2D eigenvalue weighted by Crippen LogP contribution is -2.48. The quantitative estimate of drug-likeness (QED) is 0.790. The van der Waals surface area contributed by atoms with Gasteiger partial charge in [0.25, 0.3) is 5.91 Å². The molecule has 2 atom stereocenters. The minimum Gasteiger partial charge on any atom is -0.476 e. The van der Waals surface area contributed by atoms with E-state index in [1.54, 1.807) is 6.07 Å². The summed E-state index contributed by atoms with van der Waals surface area (Å²) in [5.41, 5.74) is 6.03. The fourth-order valence-electron chi connectivity index (χ4n) is 2.46. The summed E-state index contributed by atoms with van der Waals surface area (Å²) in [6, 6.07) is 3.20. The maximum absolute atomic E-state index is 13.0. The average molecular weight is 295 g/mol. The van der Waals surface area contributed by atoms with Crippen molar-refractivity contribution in [1.82, 2.24) is 4.98 Å². The topological polar surface area (TPSA) is 88.7 Å². The summed E-state index contributed by atoms with van der Waals surface area (Å²) >= 11 is 0. The van der Waals surface area contributed by atoms with Gasteiger partial charge in [-0.3, -0.25) is 4.79 Å². The molecule has 1 amide bonds.